The van der Waals surface area contributed by atoms with Gasteiger partial charge in [0.05, 0.1) is 6.04 Å². The summed E-state index contributed by atoms with van der Waals surface area (Å²) in [5.74, 6) is 0.251. The minimum Gasteiger partial charge on any atom is -0.371 e. The standard InChI is InChI=1S/C10H12FN/c1-7-5-8-3-4-9(11)6-10(8)12(7)2/h3-6,8,10H,1-2H3. The molecular weight excluding hydrogens is 153 g/mol. The van der Waals surface area contributed by atoms with Crippen molar-refractivity contribution in [2.45, 2.75) is 13.0 Å². The molecule has 0 spiro atoms. The first-order valence-electron chi connectivity index (χ1n) is 4.15. The summed E-state index contributed by atoms with van der Waals surface area (Å²) in [7, 11) is 2.00. The number of hydrogen-bond donors (Lipinski definition) is 0. The van der Waals surface area contributed by atoms with E-state index in [2.05, 4.69) is 17.9 Å². The number of fused-ring (bicyclic) bond motifs is 1. The number of nitrogens with zero attached hydrogens (tertiary/aromatic N) is 1. The molecule has 1 nitrogen and oxygen atoms in total. The van der Waals surface area contributed by atoms with Crippen LogP contribution < -0.4 is 0 Å². The third kappa shape index (κ3) is 0.986. The largest absolute Gasteiger partial charge is 0.371 e. The molecule has 2 unspecified atom stereocenters. The quantitative estimate of drug-likeness (QED) is 0.532. The first kappa shape index (κ1) is 7.59. The first-order chi connectivity index (χ1) is 5.68. The Labute approximate surface area is 71.9 Å². The molecule has 64 valence electrons. The van der Waals surface area contributed by atoms with Gasteiger partial charge in [-0.05, 0) is 19.1 Å². The van der Waals surface area contributed by atoms with Crippen LogP contribution in [-0.4, -0.2) is 18.0 Å². The second kappa shape index (κ2) is 2.47. The molecule has 2 heteroatoms. The molecule has 0 fully saturated rings. The average Bonchev–Trinajstić information content (AvgIpc) is 2.31. The molecule has 2 rings (SSSR count). The minimum atomic E-state index is -0.119. The molecule has 0 aromatic rings. The highest BCUT2D eigenvalue weighted by Crippen LogP contribution is 2.31. The van der Waals surface area contributed by atoms with Gasteiger partial charge in [0.15, 0.2) is 0 Å². The summed E-state index contributed by atoms with van der Waals surface area (Å²) in [6.07, 6.45) is 7.32. The topological polar surface area (TPSA) is 3.24 Å². The van der Waals surface area contributed by atoms with Crippen molar-refractivity contribution in [2.75, 3.05) is 7.05 Å². The van der Waals surface area contributed by atoms with Crippen molar-refractivity contribution < 1.29 is 4.39 Å². The third-order valence-electron chi connectivity index (χ3n) is 2.64. The van der Waals surface area contributed by atoms with Gasteiger partial charge in [-0.25, -0.2) is 4.39 Å². The van der Waals surface area contributed by atoms with Gasteiger partial charge in [0.2, 0.25) is 0 Å². The molecule has 0 saturated heterocycles. The smallest absolute Gasteiger partial charge is 0.121 e. The Morgan fingerprint density at radius 2 is 2.17 bits per heavy atom. The number of rotatable bonds is 0. The van der Waals surface area contributed by atoms with E-state index >= 15 is 0 Å². The fraction of sp³-hybridized carbons (Fsp3) is 0.400. The summed E-state index contributed by atoms with van der Waals surface area (Å²) in [4.78, 5) is 2.10. The number of halogens is 1. The molecule has 0 amide bonds. The van der Waals surface area contributed by atoms with Crippen molar-refractivity contribution in [2.24, 2.45) is 5.92 Å². The van der Waals surface area contributed by atoms with E-state index in [9.17, 15) is 4.39 Å². The molecule has 1 aliphatic heterocycles. The molecule has 0 saturated carbocycles. The van der Waals surface area contributed by atoms with Gasteiger partial charge in [0, 0.05) is 18.7 Å². The van der Waals surface area contributed by atoms with Crippen LogP contribution in [0.2, 0.25) is 0 Å². The van der Waals surface area contributed by atoms with Crippen LogP contribution >= 0.6 is 0 Å². The number of likely N-dealkylation sites (N-methyl/N-ethyl adjacent to an activating group) is 1. The van der Waals surface area contributed by atoms with E-state index in [0.717, 1.165) is 0 Å². The molecule has 12 heavy (non-hydrogen) atoms. The molecule has 0 bridgehead atoms. The number of allylic oxidation sites excluding steroid dienone is 3. The zero-order valence-corrected chi connectivity index (χ0v) is 7.29. The van der Waals surface area contributed by atoms with E-state index in [1.807, 2.05) is 13.1 Å². The molecule has 2 aliphatic rings. The van der Waals surface area contributed by atoms with Crippen molar-refractivity contribution in [3.05, 3.63) is 35.8 Å². The molecular formula is C10H12FN. The van der Waals surface area contributed by atoms with Gasteiger partial charge in [0.1, 0.15) is 5.83 Å². The third-order valence-corrected chi connectivity index (χ3v) is 2.64. The van der Waals surface area contributed by atoms with E-state index in [1.54, 1.807) is 12.2 Å². The lowest BCUT2D eigenvalue weighted by molar-refractivity contribution is 0.351. The molecule has 1 heterocycles. The van der Waals surface area contributed by atoms with E-state index in [1.165, 1.54) is 5.70 Å². The second-order valence-corrected chi connectivity index (χ2v) is 3.40. The maximum atomic E-state index is 12.8. The van der Waals surface area contributed by atoms with Crippen molar-refractivity contribution in [3.8, 4) is 0 Å². The normalized spacial score (nSPS) is 33.1. The lowest BCUT2D eigenvalue weighted by Gasteiger charge is -2.25. The lowest BCUT2D eigenvalue weighted by atomic mass is 9.97. The van der Waals surface area contributed by atoms with Crippen LogP contribution in [0, 0.1) is 5.92 Å². The highest BCUT2D eigenvalue weighted by molar-refractivity contribution is 5.31. The van der Waals surface area contributed by atoms with Gasteiger partial charge in [-0.15, -0.1) is 0 Å². The van der Waals surface area contributed by atoms with Crippen molar-refractivity contribution in [1.82, 2.24) is 4.90 Å². The summed E-state index contributed by atoms with van der Waals surface area (Å²) in [6.45, 7) is 2.05. The van der Waals surface area contributed by atoms with E-state index in [-0.39, 0.29) is 11.9 Å². The van der Waals surface area contributed by atoms with Crippen LogP contribution in [-0.2, 0) is 0 Å². The van der Waals surface area contributed by atoms with Crippen LogP contribution in [0.15, 0.2) is 35.8 Å². The van der Waals surface area contributed by atoms with Gasteiger partial charge < -0.3 is 4.90 Å². The second-order valence-electron chi connectivity index (χ2n) is 3.40. The molecule has 0 aromatic carbocycles. The Kier molecular flexibility index (Phi) is 1.56. The summed E-state index contributed by atoms with van der Waals surface area (Å²) in [5, 5.41) is 0. The van der Waals surface area contributed by atoms with Crippen LogP contribution in [0.1, 0.15) is 6.92 Å². The van der Waals surface area contributed by atoms with Gasteiger partial charge in [-0.3, -0.25) is 0 Å². The maximum absolute atomic E-state index is 12.8. The molecule has 2 atom stereocenters. The maximum Gasteiger partial charge on any atom is 0.121 e. The van der Waals surface area contributed by atoms with Gasteiger partial charge in [-0.1, -0.05) is 12.2 Å². The zero-order valence-electron chi connectivity index (χ0n) is 7.29. The first-order valence-corrected chi connectivity index (χ1v) is 4.15. The Morgan fingerprint density at radius 1 is 1.42 bits per heavy atom. The van der Waals surface area contributed by atoms with Crippen molar-refractivity contribution in [3.63, 3.8) is 0 Å². The van der Waals surface area contributed by atoms with Gasteiger partial charge >= 0.3 is 0 Å². The lowest BCUT2D eigenvalue weighted by Crippen LogP contribution is -2.28. The van der Waals surface area contributed by atoms with Gasteiger partial charge in [-0.2, -0.15) is 0 Å². The summed E-state index contributed by atoms with van der Waals surface area (Å²) < 4.78 is 12.8. The van der Waals surface area contributed by atoms with Gasteiger partial charge in [0.25, 0.3) is 0 Å². The fourth-order valence-electron chi connectivity index (χ4n) is 1.80. The molecule has 1 aliphatic carbocycles. The summed E-state index contributed by atoms with van der Waals surface area (Å²) >= 11 is 0. The Bertz CT molecular complexity index is 288. The van der Waals surface area contributed by atoms with E-state index in [0.29, 0.717) is 5.92 Å². The van der Waals surface area contributed by atoms with Crippen molar-refractivity contribution in [1.29, 1.82) is 0 Å². The summed E-state index contributed by atoms with van der Waals surface area (Å²) in [6, 6.07) is 0.204. The van der Waals surface area contributed by atoms with Crippen LogP contribution in [0.3, 0.4) is 0 Å². The van der Waals surface area contributed by atoms with Crippen molar-refractivity contribution >= 4 is 0 Å². The SMILES string of the molecule is CC1=CC2C=CC(F)=CC2N1C. The molecule has 0 radical (unpaired) electrons. The molecule has 0 N–H and O–H groups in total. The number of hydrogen-bond acceptors (Lipinski definition) is 1. The predicted octanol–water partition coefficient (Wildman–Crippen LogP) is 2.24. The monoisotopic (exact) mass is 165 g/mol. The van der Waals surface area contributed by atoms with E-state index in [4.69, 9.17) is 0 Å². The van der Waals surface area contributed by atoms with Crippen LogP contribution in [0.4, 0.5) is 4.39 Å². The average molecular weight is 165 g/mol. The predicted molar refractivity (Wildman–Crippen MR) is 47.1 cm³/mol. The highest BCUT2D eigenvalue weighted by atomic mass is 19.1. The molecule has 0 aromatic heterocycles. The van der Waals surface area contributed by atoms with Crippen LogP contribution in [0.5, 0.6) is 0 Å². The van der Waals surface area contributed by atoms with Crippen LogP contribution in [0.25, 0.3) is 0 Å². The highest BCUT2D eigenvalue weighted by Gasteiger charge is 2.28. The Hall–Kier alpha value is -1.05. The Balaban J connectivity index is 2.30. The zero-order chi connectivity index (χ0) is 8.72. The summed E-state index contributed by atoms with van der Waals surface area (Å²) in [5.41, 5.74) is 1.22. The fourth-order valence-corrected chi connectivity index (χ4v) is 1.80. The van der Waals surface area contributed by atoms with E-state index < -0.39 is 0 Å². The Morgan fingerprint density at radius 3 is 2.92 bits per heavy atom. The minimum absolute atomic E-state index is 0.119.